The highest BCUT2D eigenvalue weighted by atomic mass is 32.1. The van der Waals surface area contributed by atoms with Gasteiger partial charge in [-0.3, -0.25) is 4.79 Å². The van der Waals surface area contributed by atoms with Crippen LogP contribution >= 0.6 is 11.3 Å². The van der Waals surface area contributed by atoms with E-state index in [1.807, 2.05) is 24.3 Å². The monoisotopic (exact) mass is 380 g/mol. The van der Waals surface area contributed by atoms with Crippen LogP contribution in [0.1, 0.15) is 29.1 Å². The van der Waals surface area contributed by atoms with Crippen molar-refractivity contribution in [1.29, 1.82) is 0 Å². The summed E-state index contributed by atoms with van der Waals surface area (Å²) in [6, 6.07) is 7.36. The lowest BCUT2D eigenvalue weighted by Gasteiger charge is -2.09. The van der Waals surface area contributed by atoms with Crippen LogP contribution in [0.4, 0.5) is 0 Å². The highest BCUT2D eigenvalue weighted by Crippen LogP contribution is 2.33. The van der Waals surface area contributed by atoms with Gasteiger partial charge in [0.05, 0.1) is 5.39 Å². The van der Waals surface area contributed by atoms with E-state index in [1.54, 1.807) is 11.3 Å². The highest BCUT2D eigenvalue weighted by Gasteiger charge is 2.19. The van der Waals surface area contributed by atoms with E-state index < -0.39 is 0 Å². The van der Waals surface area contributed by atoms with Crippen molar-refractivity contribution in [3.05, 3.63) is 50.9 Å². The highest BCUT2D eigenvalue weighted by molar-refractivity contribution is 7.18. The van der Waals surface area contributed by atoms with Crippen LogP contribution in [0.15, 0.2) is 29.1 Å². The fourth-order valence-corrected chi connectivity index (χ4v) is 4.69. The third-order valence-corrected chi connectivity index (χ3v) is 5.89. The van der Waals surface area contributed by atoms with E-state index in [2.05, 4.69) is 30.6 Å². The Bertz CT molecular complexity index is 1150. The Morgan fingerprint density at radius 1 is 1.15 bits per heavy atom. The molecule has 8 nitrogen and oxygen atoms in total. The zero-order valence-corrected chi connectivity index (χ0v) is 15.2. The number of hydrogen-bond donors (Lipinski definition) is 2. The number of tetrazole rings is 1. The zero-order chi connectivity index (χ0) is 18.2. The molecule has 27 heavy (non-hydrogen) atoms. The zero-order valence-electron chi connectivity index (χ0n) is 14.4. The van der Waals surface area contributed by atoms with Gasteiger partial charge in [-0.1, -0.05) is 0 Å². The molecule has 0 saturated heterocycles. The van der Waals surface area contributed by atoms with Crippen molar-refractivity contribution >= 4 is 21.6 Å². The maximum Gasteiger partial charge on any atom is 0.260 e. The maximum atomic E-state index is 12.6. The van der Waals surface area contributed by atoms with Crippen molar-refractivity contribution in [1.82, 2.24) is 30.6 Å². The number of aryl methyl sites for hydroxylation is 2. The van der Waals surface area contributed by atoms with Crippen molar-refractivity contribution in [2.75, 3.05) is 0 Å². The number of nitrogens with one attached hydrogen (secondary N) is 2. The van der Waals surface area contributed by atoms with Crippen LogP contribution in [0.2, 0.25) is 0 Å². The molecule has 1 aliphatic carbocycles. The van der Waals surface area contributed by atoms with E-state index in [0.717, 1.165) is 35.0 Å². The van der Waals surface area contributed by atoms with Gasteiger partial charge < -0.3 is 9.72 Å². The number of aromatic amines is 2. The first-order valence-electron chi connectivity index (χ1n) is 8.78. The van der Waals surface area contributed by atoms with Crippen molar-refractivity contribution in [2.24, 2.45) is 0 Å². The molecule has 0 spiro atoms. The molecule has 5 rings (SSSR count). The van der Waals surface area contributed by atoms with Crippen molar-refractivity contribution in [3.8, 4) is 17.1 Å². The van der Waals surface area contributed by atoms with E-state index in [0.29, 0.717) is 17.4 Å². The summed E-state index contributed by atoms with van der Waals surface area (Å²) in [6.07, 6.45) is 4.35. The van der Waals surface area contributed by atoms with Crippen LogP contribution < -0.4 is 10.3 Å². The summed E-state index contributed by atoms with van der Waals surface area (Å²) < 4.78 is 5.78. The van der Waals surface area contributed by atoms with Crippen LogP contribution in [-0.2, 0) is 19.4 Å². The molecule has 136 valence electrons. The predicted octanol–water partition coefficient (Wildman–Crippen LogP) is 2.62. The molecule has 1 aromatic carbocycles. The number of ether oxygens (including phenoxy) is 1. The van der Waals surface area contributed by atoms with Gasteiger partial charge in [0, 0.05) is 10.4 Å². The van der Waals surface area contributed by atoms with E-state index in [4.69, 9.17) is 4.74 Å². The predicted molar refractivity (Wildman–Crippen MR) is 101 cm³/mol. The number of thiophene rings is 1. The Morgan fingerprint density at radius 2 is 2.00 bits per heavy atom. The number of aromatic nitrogens is 6. The summed E-state index contributed by atoms with van der Waals surface area (Å²) in [6.45, 7) is 0.204. The first kappa shape index (κ1) is 16.1. The minimum Gasteiger partial charge on any atom is -0.486 e. The molecule has 3 aromatic heterocycles. The quantitative estimate of drug-likeness (QED) is 0.563. The normalized spacial score (nSPS) is 13.6. The number of nitrogens with zero attached hydrogens (tertiary/aromatic N) is 4. The molecule has 1 aliphatic rings. The third-order valence-electron chi connectivity index (χ3n) is 4.71. The van der Waals surface area contributed by atoms with E-state index in [1.165, 1.54) is 16.9 Å². The van der Waals surface area contributed by atoms with Crippen LogP contribution in [-0.4, -0.2) is 30.6 Å². The van der Waals surface area contributed by atoms with Crippen molar-refractivity contribution in [2.45, 2.75) is 32.3 Å². The topological polar surface area (TPSA) is 109 Å². The van der Waals surface area contributed by atoms with Crippen LogP contribution in [0.3, 0.4) is 0 Å². The fourth-order valence-electron chi connectivity index (χ4n) is 3.41. The van der Waals surface area contributed by atoms with E-state index in [-0.39, 0.29) is 12.2 Å². The number of hydrogen-bond acceptors (Lipinski definition) is 7. The van der Waals surface area contributed by atoms with Crippen molar-refractivity contribution < 1.29 is 4.74 Å². The van der Waals surface area contributed by atoms with Gasteiger partial charge in [-0.25, -0.2) is 4.98 Å². The summed E-state index contributed by atoms with van der Waals surface area (Å²) >= 11 is 1.64. The standard InChI is InChI=1S/C18H16N6O2S/c25-17-15-12-3-1-2-4-13(12)27-18(15)20-14(19-17)9-26-11-7-5-10(6-8-11)16-21-23-24-22-16/h5-8H,1-4,9H2,(H,19,20,25)(H,21,22,23,24). The molecule has 0 radical (unpaired) electrons. The molecular weight excluding hydrogens is 364 g/mol. The van der Waals surface area contributed by atoms with E-state index in [9.17, 15) is 4.79 Å². The van der Waals surface area contributed by atoms with Crippen molar-refractivity contribution in [3.63, 3.8) is 0 Å². The average Bonchev–Trinajstić information content (AvgIpc) is 3.34. The molecule has 0 unspecified atom stereocenters. The maximum absolute atomic E-state index is 12.6. The SMILES string of the molecule is O=c1[nH]c(COc2ccc(-c3nn[nH]n3)cc2)nc2sc3c(c12)CCCC3. The van der Waals surface area contributed by atoms with Gasteiger partial charge in [0.25, 0.3) is 5.56 Å². The van der Waals surface area contributed by atoms with Gasteiger partial charge in [0.2, 0.25) is 5.82 Å². The van der Waals surface area contributed by atoms with E-state index >= 15 is 0 Å². The van der Waals surface area contributed by atoms with Gasteiger partial charge in [0.15, 0.2) is 0 Å². The molecular formula is C18H16N6O2S. The molecule has 0 saturated carbocycles. The number of H-pyrrole nitrogens is 2. The molecule has 0 atom stereocenters. The summed E-state index contributed by atoms with van der Waals surface area (Å²) in [5.74, 6) is 1.74. The third kappa shape index (κ3) is 2.99. The Balaban J connectivity index is 1.36. The Labute approximate surface area is 157 Å². The lowest BCUT2D eigenvalue weighted by atomic mass is 9.97. The summed E-state index contributed by atoms with van der Waals surface area (Å²) in [7, 11) is 0. The number of rotatable bonds is 4. The summed E-state index contributed by atoms with van der Waals surface area (Å²) in [5, 5.41) is 14.6. The largest absolute Gasteiger partial charge is 0.486 e. The molecule has 4 aromatic rings. The molecule has 0 amide bonds. The van der Waals surface area contributed by atoms with Crippen LogP contribution in [0.25, 0.3) is 21.6 Å². The van der Waals surface area contributed by atoms with Crippen LogP contribution in [0.5, 0.6) is 5.75 Å². The van der Waals surface area contributed by atoms with Gasteiger partial charge in [0.1, 0.15) is 23.0 Å². The minimum absolute atomic E-state index is 0.0644. The second-order valence-electron chi connectivity index (χ2n) is 6.45. The molecule has 9 heteroatoms. The average molecular weight is 380 g/mol. The molecule has 0 bridgehead atoms. The van der Waals surface area contributed by atoms with Gasteiger partial charge in [-0.15, -0.1) is 21.5 Å². The smallest absolute Gasteiger partial charge is 0.260 e. The van der Waals surface area contributed by atoms with Gasteiger partial charge in [-0.05, 0) is 60.7 Å². The number of fused-ring (bicyclic) bond motifs is 3. The van der Waals surface area contributed by atoms with Crippen LogP contribution in [0, 0.1) is 0 Å². The molecule has 0 aliphatic heterocycles. The second-order valence-corrected chi connectivity index (χ2v) is 7.54. The Hall–Kier alpha value is -3.07. The minimum atomic E-state index is -0.0644. The molecule has 3 heterocycles. The summed E-state index contributed by atoms with van der Waals surface area (Å²) in [5.41, 5.74) is 1.97. The fraction of sp³-hybridized carbons (Fsp3) is 0.278. The van der Waals surface area contributed by atoms with Gasteiger partial charge in [-0.2, -0.15) is 5.21 Å². The molecule has 2 N–H and O–H groups in total. The molecule has 0 fully saturated rings. The first-order valence-corrected chi connectivity index (χ1v) is 9.60. The van der Waals surface area contributed by atoms with Gasteiger partial charge >= 0.3 is 0 Å². The second kappa shape index (κ2) is 6.58. The Kier molecular flexibility index (Phi) is 3.93. The lowest BCUT2D eigenvalue weighted by molar-refractivity contribution is 0.296. The first-order chi connectivity index (χ1) is 13.3. The number of benzene rings is 1. The Morgan fingerprint density at radius 3 is 2.81 bits per heavy atom. The lowest BCUT2D eigenvalue weighted by Crippen LogP contribution is -2.14. The summed E-state index contributed by atoms with van der Waals surface area (Å²) in [4.78, 5) is 22.2.